The quantitative estimate of drug-likeness (QED) is 0.172. The lowest BCUT2D eigenvalue weighted by Crippen LogP contribution is -2.21. The maximum absolute atomic E-state index is 13.2. The van der Waals surface area contributed by atoms with Crippen molar-refractivity contribution in [2.45, 2.75) is 12.4 Å². The number of hydrogen-bond donors (Lipinski definition) is 3. The third-order valence-electron chi connectivity index (χ3n) is 6.14. The van der Waals surface area contributed by atoms with Crippen molar-refractivity contribution < 1.29 is 36.2 Å². The minimum Gasteiger partial charge on any atom is -0.506 e. The smallest absolute Gasteiger partial charge is 0.416 e. The van der Waals surface area contributed by atoms with E-state index in [-0.39, 0.29) is 22.5 Å². The lowest BCUT2D eigenvalue weighted by Gasteiger charge is -2.15. The molecule has 0 unspecified atom stereocenters. The molecule has 0 saturated heterocycles. The number of phenols is 1. The van der Waals surface area contributed by atoms with Gasteiger partial charge in [-0.3, -0.25) is 4.98 Å². The van der Waals surface area contributed by atoms with E-state index in [1.165, 1.54) is 22.9 Å². The van der Waals surface area contributed by atoms with Gasteiger partial charge in [-0.25, -0.2) is 9.48 Å². The number of carbonyl (C=O) groups excluding carboxylic acids is 1. The summed E-state index contributed by atoms with van der Waals surface area (Å²) in [6, 6.07) is 14.1. The first-order valence-electron chi connectivity index (χ1n) is 12.2. The first-order chi connectivity index (χ1) is 20.3. The van der Waals surface area contributed by atoms with Crippen LogP contribution in [0.15, 0.2) is 91.4 Å². The van der Waals surface area contributed by atoms with Gasteiger partial charge in [0.15, 0.2) is 0 Å². The molecule has 3 N–H and O–H groups in total. The van der Waals surface area contributed by atoms with Gasteiger partial charge in [0.2, 0.25) is 0 Å². The summed E-state index contributed by atoms with van der Waals surface area (Å²) in [5.41, 5.74) is -0.616. The summed E-state index contributed by atoms with van der Waals surface area (Å²) < 4.78 is 80.6. The van der Waals surface area contributed by atoms with Crippen LogP contribution in [0.2, 0.25) is 5.02 Å². The molecule has 2 heterocycles. The highest BCUT2D eigenvalue weighted by Crippen LogP contribution is 2.38. The largest absolute Gasteiger partial charge is 0.506 e. The Bertz CT molecular complexity index is 1770. The average molecular weight is 618 g/mol. The van der Waals surface area contributed by atoms with Crippen LogP contribution in [0, 0.1) is 0 Å². The Labute approximate surface area is 244 Å². The van der Waals surface area contributed by atoms with Crippen LogP contribution in [0.1, 0.15) is 11.1 Å². The zero-order valence-electron chi connectivity index (χ0n) is 21.5. The molecule has 0 aliphatic heterocycles. The number of aromatic nitrogens is 3. The second kappa shape index (κ2) is 11.3. The summed E-state index contributed by atoms with van der Waals surface area (Å²) in [5, 5.41) is 19.1. The van der Waals surface area contributed by atoms with E-state index in [2.05, 4.69) is 15.4 Å². The standard InChI is InChI=1S/C29H18ClF6N5O2/c30-24-10-17(4-5-25(24)42)26-23(16-6-8-37-9-7-16)15-41(40-26)22-3-1-2-20(14-22)38-27(43)39-21-12-18(28(31,32)33)11-19(13-21)29(34,35)36/h1-15,42H,(H2,38,39,43). The van der Waals surface area contributed by atoms with Crippen molar-refractivity contribution in [1.82, 2.24) is 14.8 Å². The number of alkyl halides is 6. The summed E-state index contributed by atoms with van der Waals surface area (Å²) in [6.45, 7) is 0. The Balaban J connectivity index is 1.44. The van der Waals surface area contributed by atoms with Crippen molar-refractivity contribution in [3.8, 4) is 33.8 Å². The molecular formula is C29H18ClF6N5O2. The molecule has 220 valence electrons. The van der Waals surface area contributed by atoms with Crippen LogP contribution in [0.5, 0.6) is 5.75 Å². The van der Waals surface area contributed by atoms with Crippen LogP contribution in [0.3, 0.4) is 0 Å². The molecule has 14 heteroatoms. The molecule has 0 bridgehead atoms. The highest BCUT2D eigenvalue weighted by molar-refractivity contribution is 6.32. The van der Waals surface area contributed by atoms with Crippen LogP contribution in [0.4, 0.5) is 42.5 Å². The van der Waals surface area contributed by atoms with Crippen LogP contribution in [-0.2, 0) is 12.4 Å². The van der Waals surface area contributed by atoms with E-state index >= 15 is 0 Å². The predicted octanol–water partition coefficient (Wildman–Crippen LogP) is 8.64. The van der Waals surface area contributed by atoms with Gasteiger partial charge in [-0.15, -0.1) is 0 Å². The molecule has 0 atom stereocenters. The number of carbonyl (C=O) groups is 1. The van der Waals surface area contributed by atoms with Crippen molar-refractivity contribution in [2.75, 3.05) is 10.6 Å². The van der Waals surface area contributed by atoms with E-state index in [1.54, 1.807) is 55.0 Å². The highest BCUT2D eigenvalue weighted by atomic mass is 35.5. The van der Waals surface area contributed by atoms with Crippen molar-refractivity contribution in [2.24, 2.45) is 0 Å². The van der Waals surface area contributed by atoms with Gasteiger partial charge in [-0.1, -0.05) is 17.7 Å². The number of benzene rings is 3. The Morgan fingerprint density at radius 2 is 1.44 bits per heavy atom. The number of phenolic OH excluding ortho intramolecular Hbond substituents is 1. The SMILES string of the molecule is O=C(Nc1cccc(-n2cc(-c3ccncc3)c(-c3ccc(O)c(Cl)c3)n2)c1)Nc1cc(C(F)(F)F)cc(C(F)(F)F)c1. The van der Waals surface area contributed by atoms with E-state index in [0.717, 1.165) is 5.56 Å². The molecule has 7 nitrogen and oxygen atoms in total. The molecule has 3 aromatic carbocycles. The fraction of sp³-hybridized carbons (Fsp3) is 0.0690. The number of hydrogen-bond acceptors (Lipinski definition) is 4. The highest BCUT2D eigenvalue weighted by Gasteiger charge is 2.37. The van der Waals surface area contributed by atoms with Gasteiger partial charge in [0.05, 0.1) is 21.8 Å². The summed E-state index contributed by atoms with van der Waals surface area (Å²) in [4.78, 5) is 16.6. The molecule has 0 saturated carbocycles. The molecule has 0 aliphatic carbocycles. The Hall–Kier alpha value is -5.04. The minimum absolute atomic E-state index is 0.0305. The van der Waals surface area contributed by atoms with E-state index in [9.17, 15) is 36.2 Å². The van der Waals surface area contributed by atoms with Gasteiger partial charge >= 0.3 is 18.4 Å². The van der Waals surface area contributed by atoms with E-state index in [0.29, 0.717) is 34.6 Å². The number of pyridine rings is 1. The molecule has 5 rings (SSSR count). The van der Waals surface area contributed by atoms with Crippen LogP contribution < -0.4 is 10.6 Å². The number of nitrogens with zero attached hydrogens (tertiary/aromatic N) is 3. The second-order valence-corrected chi connectivity index (χ2v) is 9.57. The number of anilines is 2. The first-order valence-corrected chi connectivity index (χ1v) is 12.6. The summed E-state index contributed by atoms with van der Waals surface area (Å²) in [6.07, 6.45) is -5.21. The first kappa shape index (κ1) is 29.5. The van der Waals surface area contributed by atoms with Crippen LogP contribution in [0.25, 0.3) is 28.1 Å². The summed E-state index contributed by atoms with van der Waals surface area (Å²) in [7, 11) is 0. The van der Waals surface area contributed by atoms with E-state index in [1.807, 2.05) is 5.32 Å². The maximum atomic E-state index is 13.2. The molecular weight excluding hydrogens is 600 g/mol. The number of aromatic hydroxyl groups is 1. The molecule has 2 amide bonds. The van der Waals surface area contributed by atoms with E-state index < -0.39 is 35.2 Å². The summed E-state index contributed by atoms with van der Waals surface area (Å²) >= 11 is 6.12. The lowest BCUT2D eigenvalue weighted by atomic mass is 10.0. The molecule has 0 aliphatic rings. The molecule has 0 fully saturated rings. The average Bonchev–Trinajstić information content (AvgIpc) is 3.40. The molecule has 43 heavy (non-hydrogen) atoms. The molecule has 2 aromatic heterocycles. The predicted molar refractivity (Wildman–Crippen MR) is 148 cm³/mol. The molecule has 0 spiro atoms. The van der Waals surface area contributed by atoms with Crippen molar-refractivity contribution in [3.05, 3.63) is 108 Å². The van der Waals surface area contributed by atoms with Gasteiger partial charge in [0, 0.05) is 41.1 Å². The fourth-order valence-electron chi connectivity index (χ4n) is 4.16. The zero-order chi connectivity index (χ0) is 30.9. The minimum atomic E-state index is -5.06. The number of urea groups is 1. The lowest BCUT2D eigenvalue weighted by molar-refractivity contribution is -0.143. The topological polar surface area (TPSA) is 92.1 Å². The van der Waals surface area contributed by atoms with Gasteiger partial charge in [0.25, 0.3) is 0 Å². The third kappa shape index (κ3) is 6.72. The second-order valence-electron chi connectivity index (χ2n) is 9.16. The van der Waals surface area contributed by atoms with Crippen molar-refractivity contribution in [3.63, 3.8) is 0 Å². The van der Waals surface area contributed by atoms with Gasteiger partial charge < -0.3 is 15.7 Å². The Morgan fingerprint density at radius 1 is 0.791 bits per heavy atom. The van der Waals surface area contributed by atoms with E-state index in [4.69, 9.17) is 11.6 Å². The molecule has 5 aromatic rings. The number of rotatable bonds is 5. The number of amides is 2. The Kier molecular flexibility index (Phi) is 7.76. The van der Waals surface area contributed by atoms with Gasteiger partial charge in [0.1, 0.15) is 11.4 Å². The number of halogens is 7. The van der Waals surface area contributed by atoms with Gasteiger partial charge in [-0.05, 0) is 72.3 Å². The fourth-order valence-corrected chi connectivity index (χ4v) is 4.34. The third-order valence-corrected chi connectivity index (χ3v) is 6.44. The van der Waals surface area contributed by atoms with Crippen molar-refractivity contribution in [1.29, 1.82) is 0 Å². The van der Waals surface area contributed by atoms with Crippen molar-refractivity contribution >= 4 is 29.0 Å². The molecule has 0 radical (unpaired) electrons. The van der Waals surface area contributed by atoms with Crippen LogP contribution >= 0.6 is 11.6 Å². The maximum Gasteiger partial charge on any atom is 0.416 e. The van der Waals surface area contributed by atoms with Gasteiger partial charge in [-0.2, -0.15) is 31.4 Å². The number of nitrogens with one attached hydrogen (secondary N) is 2. The monoisotopic (exact) mass is 617 g/mol. The normalized spacial score (nSPS) is 11.8. The zero-order valence-corrected chi connectivity index (χ0v) is 22.3. The summed E-state index contributed by atoms with van der Waals surface area (Å²) in [5.74, 6) is -0.105. The van der Waals surface area contributed by atoms with Crippen LogP contribution in [-0.4, -0.2) is 25.9 Å². The Morgan fingerprint density at radius 3 is 2.07 bits per heavy atom.